The molecule has 1 aliphatic heterocycles. The van der Waals surface area contributed by atoms with Crippen LogP contribution < -0.4 is 5.32 Å². The highest BCUT2D eigenvalue weighted by Gasteiger charge is 2.25. The molecule has 1 fully saturated rings. The maximum absolute atomic E-state index is 4.87. The number of aromatic nitrogens is 2. The highest BCUT2D eigenvalue weighted by Crippen LogP contribution is 2.32. The number of fused-ring (bicyclic) bond motifs is 1. The molecule has 0 saturated carbocycles. The van der Waals surface area contributed by atoms with Gasteiger partial charge >= 0.3 is 0 Å². The van der Waals surface area contributed by atoms with E-state index in [1.807, 2.05) is 0 Å². The Kier molecular flexibility index (Phi) is 2.90. The van der Waals surface area contributed by atoms with Crippen LogP contribution in [0.1, 0.15) is 51.0 Å². The lowest BCUT2D eigenvalue weighted by atomic mass is 9.86. The van der Waals surface area contributed by atoms with Gasteiger partial charge in [-0.25, -0.2) is 4.98 Å². The molecule has 1 N–H and O–H groups in total. The summed E-state index contributed by atoms with van der Waals surface area (Å²) in [6.45, 7) is 7.91. The Morgan fingerprint density at radius 2 is 2.11 bits per heavy atom. The molecule has 0 radical (unpaired) electrons. The van der Waals surface area contributed by atoms with Crippen molar-refractivity contribution in [2.75, 3.05) is 6.54 Å². The smallest absolute Gasteiger partial charge is 0.126 e. The first-order valence-electron chi connectivity index (χ1n) is 7.17. The number of rotatable bonds is 1. The van der Waals surface area contributed by atoms with Gasteiger partial charge in [-0.2, -0.15) is 0 Å². The molecule has 3 rings (SSSR count). The third-order valence-corrected chi connectivity index (χ3v) is 4.11. The average Bonchev–Trinajstić information content (AvgIpc) is 2.96. The molecule has 102 valence electrons. The molecular formula is C16H23N3. The number of hydrogen-bond donors (Lipinski definition) is 1. The Morgan fingerprint density at radius 1 is 1.32 bits per heavy atom. The van der Waals surface area contributed by atoms with Crippen LogP contribution in [-0.4, -0.2) is 16.1 Å². The van der Waals surface area contributed by atoms with E-state index in [1.165, 1.54) is 29.7 Å². The van der Waals surface area contributed by atoms with Crippen molar-refractivity contribution in [2.24, 2.45) is 7.05 Å². The molecule has 0 amide bonds. The Balaban J connectivity index is 2.21. The molecule has 1 unspecified atom stereocenters. The highest BCUT2D eigenvalue weighted by molar-refractivity contribution is 5.81. The number of aryl methyl sites for hydroxylation is 1. The molecule has 1 aromatic heterocycles. The van der Waals surface area contributed by atoms with E-state index in [1.54, 1.807) is 0 Å². The summed E-state index contributed by atoms with van der Waals surface area (Å²) in [6, 6.07) is 6.91. The van der Waals surface area contributed by atoms with Gasteiger partial charge in [-0.3, -0.25) is 0 Å². The van der Waals surface area contributed by atoms with Crippen molar-refractivity contribution in [1.29, 1.82) is 0 Å². The standard InChI is InChI=1S/C16H23N3/c1-16(2,3)11-7-5-8-12-14(11)19(4)15(18-12)13-9-6-10-17-13/h5,7-8,13,17H,6,9-10H2,1-4H3. The molecule has 19 heavy (non-hydrogen) atoms. The fraction of sp³-hybridized carbons (Fsp3) is 0.562. The van der Waals surface area contributed by atoms with Crippen molar-refractivity contribution in [2.45, 2.75) is 45.1 Å². The van der Waals surface area contributed by atoms with Gasteiger partial charge in [0.1, 0.15) is 5.82 Å². The summed E-state index contributed by atoms with van der Waals surface area (Å²) in [5.41, 5.74) is 3.94. The van der Waals surface area contributed by atoms with Crippen molar-refractivity contribution >= 4 is 11.0 Å². The van der Waals surface area contributed by atoms with Crippen LogP contribution in [0.15, 0.2) is 18.2 Å². The molecule has 0 spiro atoms. The van der Waals surface area contributed by atoms with Gasteiger partial charge in [0.15, 0.2) is 0 Å². The van der Waals surface area contributed by atoms with Gasteiger partial charge in [-0.05, 0) is 36.4 Å². The topological polar surface area (TPSA) is 29.9 Å². The minimum atomic E-state index is 0.147. The molecule has 1 atom stereocenters. The largest absolute Gasteiger partial charge is 0.330 e. The predicted molar refractivity (Wildman–Crippen MR) is 79.4 cm³/mol. The number of nitrogens with zero attached hydrogens (tertiary/aromatic N) is 2. The van der Waals surface area contributed by atoms with Crippen LogP contribution in [0.2, 0.25) is 0 Å². The minimum Gasteiger partial charge on any atom is -0.330 e. The van der Waals surface area contributed by atoms with Crippen LogP contribution in [0, 0.1) is 0 Å². The van der Waals surface area contributed by atoms with Crippen molar-refractivity contribution in [3.63, 3.8) is 0 Å². The van der Waals surface area contributed by atoms with Crippen molar-refractivity contribution in [3.8, 4) is 0 Å². The molecule has 2 heterocycles. The zero-order valence-electron chi connectivity index (χ0n) is 12.3. The lowest BCUT2D eigenvalue weighted by molar-refractivity contribution is 0.575. The molecule has 1 aromatic carbocycles. The third-order valence-electron chi connectivity index (χ3n) is 4.11. The first-order chi connectivity index (χ1) is 8.98. The van der Waals surface area contributed by atoms with Crippen LogP contribution in [-0.2, 0) is 12.5 Å². The van der Waals surface area contributed by atoms with E-state index in [2.05, 4.69) is 55.9 Å². The maximum atomic E-state index is 4.87. The second-order valence-electron chi connectivity index (χ2n) is 6.60. The molecule has 1 aliphatic rings. The summed E-state index contributed by atoms with van der Waals surface area (Å²) in [4.78, 5) is 4.87. The fourth-order valence-corrected chi connectivity index (χ4v) is 3.11. The summed E-state index contributed by atoms with van der Waals surface area (Å²) in [7, 11) is 2.15. The lowest BCUT2D eigenvalue weighted by Gasteiger charge is -2.21. The molecule has 3 nitrogen and oxygen atoms in total. The van der Waals surface area contributed by atoms with E-state index in [-0.39, 0.29) is 5.41 Å². The van der Waals surface area contributed by atoms with E-state index < -0.39 is 0 Å². The second-order valence-corrected chi connectivity index (χ2v) is 6.60. The number of benzene rings is 1. The monoisotopic (exact) mass is 257 g/mol. The maximum Gasteiger partial charge on any atom is 0.126 e. The number of hydrogen-bond acceptors (Lipinski definition) is 2. The molecule has 0 aliphatic carbocycles. The van der Waals surface area contributed by atoms with E-state index >= 15 is 0 Å². The first-order valence-corrected chi connectivity index (χ1v) is 7.17. The average molecular weight is 257 g/mol. The second kappa shape index (κ2) is 4.34. The molecular weight excluding hydrogens is 234 g/mol. The van der Waals surface area contributed by atoms with Crippen LogP contribution in [0.5, 0.6) is 0 Å². The summed E-state index contributed by atoms with van der Waals surface area (Å²) >= 11 is 0. The SMILES string of the molecule is Cn1c(C2CCCN2)nc2cccc(C(C)(C)C)c21. The van der Waals surface area contributed by atoms with Gasteiger partial charge in [0.2, 0.25) is 0 Å². The zero-order valence-corrected chi connectivity index (χ0v) is 12.3. The van der Waals surface area contributed by atoms with E-state index in [4.69, 9.17) is 4.98 Å². The van der Waals surface area contributed by atoms with Crippen molar-refractivity contribution < 1.29 is 0 Å². The van der Waals surface area contributed by atoms with Gasteiger partial charge in [-0.1, -0.05) is 32.9 Å². The summed E-state index contributed by atoms with van der Waals surface area (Å²) in [5, 5.41) is 3.55. The van der Waals surface area contributed by atoms with Crippen LogP contribution in [0.25, 0.3) is 11.0 Å². The summed E-state index contributed by atoms with van der Waals surface area (Å²) < 4.78 is 2.29. The van der Waals surface area contributed by atoms with Crippen LogP contribution in [0.4, 0.5) is 0 Å². The summed E-state index contributed by atoms with van der Waals surface area (Å²) in [6.07, 6.45) is 2.45. The van der Waals surface area contributed by atoms with Crippen LogP contribution >= 0.6 is 0 Å². The predicted octanol–water partition coefficient (Wildman–Crippen LogP) is 3.30. The Bertz CT molecular complexity index is 598. The van der Waals surface area contributed by atoms with E-state index in [0.717, 1.165) is 12.1 Å². The Hall–Kier alpha value is -1.35. The summed E-state index contributed by atoms with van der Waals surface area (Å²) in [5.74, 6) is 1.18. The highest BCUT2D eigenvalue weighted by atomic mass is 15.1. The quantitative estimate of drug-likeness (QED) is 0.849. The number of nitrogens with one attached hydrogen (secondary N) is 1. The fourth-order valence-electron chi connectivity index (χ4n) is 3.11. The van der Waals surface area contributed by atoms with E-state index in [0.29, 0.717) is 6.04 Å². The lowest BCUT2D eigenvalue weighted by Crippen LogP contribution is -2.17. The van der Waals surface area contributed by atoms with Gasteiger partial charge in [0.25, 0.3) is 0 Å². The first kappa shape index (κ1) is 12.7. The molecule has 2 aromatic rings. The number of imidazole rings is 1. The molecule has 1 saturated heterocycles. The normalized spacial score (nSPS) is 20.3. The minimum absolute atomic E-state index is 0.147. The Labute approximate surface area is 115 Å². The third kappa shape index (κ3) is 2.06. The van der Waals surface area contributed by atoms with Crippen molar-refractivity contribution in [1.82, 2.24) is 14.9 Å². The number of para-hydroxylation sites is 1. The van der Waals surface area contributed by atoms with Gasteiger partial charge in [-0.15, -0.1) is 0 Å². The zero-order chi connectivity index (χ0) is 13.6. The van der Waals surface area contributed by atoms with Gasteiger partial charge < -0.3 is 9.88 Å². The van der Waals surface area contributed by atoms with Gasteiger partial charge in [0.05, 0.1) is 17.1 Å². The van der Waals surface area contributed by atoms with Gasteiger partial charge in [0, 0.05) is 7.05 Å². The van der Waals surface area contributed by atoms with Crippen LogP contribution in [0.3, 0.4) is 0 Å². The molecule has 0 bridgehead atoms. The molecule has 3 heteroatoms. The Morgan fingerprint density at radius 3 is 2.74 bits per heavy atom. The van der Waals surface area contributed by atoms with Crippen molar-refractivity contribution in [3.05, 3.63) is 29.6 Å². The van der Waals surface area contributed by atoms with E-state index in [9.17, 15) is 0 Å².